The molecule has 0 bridgehead atoms. The Balaban J connectivity index is 2.06. The number of para-hydroxylation sites is 1. The Hall–Kier alpha value is -2.94. The quantitative estimate of drug-likeness (QED) is 0.333. The molecule has 36 heavy (non-hydrogen) atoms. The molecule has 196 valence electrons. The van der Waals surface area contributed by atoms with Crippen molar-refractivity contribution in [3.8, 4) is 17.2 Å². The van der Waals surface area contributed by atoms with Crippen molar-refractivity contribution in [1.29, 1.82) is 0 Å². The van der Waals surface area contributed by atoms with E-state index < -0.39 is 40.2 Å². The SMILES string of the molecule is COc1cccc(OC)c1-n1c(COC(F)F)nnc1CS(=O)(=O)[C@@H](C)[C@H](OC)c1ncc(Cl)cn1. The van der Waals surface area contributed by atoms with Gasteiger partial charge in [-0.2, -0.15) is 8.78 Å². The van der Waals surface area contributed by atoms with Gasteiger partial charge in [0.15, 0.2) is 27.3 Å². The minimum absolute atomic E-state index is 0.0793. The zero-order valence-corrected chi connectivity index (χ0v) is 21.3. The summed E-state index contributed by atoms with van der Waals surface area (Å²) in [5.41, 5.74) is 0.225. The summed E-state index contributed by atoms with van der Waals surface area (Å²) in [4.78, 5) is 8.12. The molecule has 0 aliphatic carbocycles. The molecule has 0 aliphatic rings. The Bertz CT molecular complexity index is 1250. The summed E-state index contributed by atoms with van der Waals surface area (Å²) < 4.78 is 74.4. The van der Waals surface area contributed by atoms with Gasteiger partial charge in [0, 0.05) is 19.5 Å². The number of nitrogens with zero attached hydrogens (tertiary/aromatic N) is 5. The van der Waals surface area contributed by atoms with E-state index in [9.17, 15) is 17.2 Å². The largest absolute Gasteiger partial charge is 0.494 e. The molecule has 0 spiro atoms. The fourth-order valence-corrected chi connectivity index (χ4v) is 4.98. The molecule has 3 rings (SSSR count). The molecule has 11 nitrogen and oxygen atoms in total. The highest BCUT2D eigenvalue weighted by molar-refractivity contribution is 7.91. The second-order valence-electron chi connectivity index (χ2n) is 7.38. The summed E-state index contributed by atoms with van der Waals surface area (Å²) in [5, 5.41) is 7.02. The fourth-order valence-electron chi connectivity index (χ4n) is 3.46. The molecular weight excluding hydrogens is 524 g/mol. The van der Waals surface area contributed by atoms with Gasteiger partial charge in [0.2, 0.25) is 0 Å². The summed E-state index contributed by atoms with van der Waals surface area (Å²) in [6, 6.07) is 4.83. The van der Waals surface area contributed by atoms with Crippen molar-refractivity contribution in [1.82, 2.24) is 24.7 Å². The lowest BCUT2D eigenvalue weighted by Crippen LogP contribution is -2.30. The standard InChI is InChI=1S/C21H24ClF2N5O6S/c1-12(19(34-4)20-25-8-13(22)9-26-20)36(30,31)11-17-28-27-16(10-35-21(23)24)29(17)18-14(32-2)6-5-7-15(18)33-3/h5-9,12,19,21H,10-11H2,1-4H3/t12-,19-/m0/s1. The van der Waals surface area contributed by atoms with E-state index in [0.717, 1.165) is 0 Å². The highest BCUT2D eigenvalue weighted by Gasteiger charge is 2.35. The van der Waals surface area contributed by atoms with Gasteiger partial charge in [0.25, 0.3) is 0 Å². The van der Waals surface area contributed by atoms with Gasteiger partial charge in [-0.15, -0.1) is 10.2 Å². The van der Waals surface area contributed by atoms with Crippen molar-refractivity contribution in [3.05, 3.63) is 53.1 Å². The van der Waals surface area contributed by atoms with Crippen molar-refractivity contribution in [2.45, 2.75) is 37.2 Å². The normalized spacial score (nSPS) is 13.6. The number of alkyl halides is 2. The van der Waals surface area contributed by atoms with E-state index in [1.807, 2.05) is 0 Å². The summed E-state index contributed by atoms with van der Waals surface area (Å²) in [5.74, 6) is -0.140. The third-order valence-electron chi connectivity index (χ3n) is 5.23. The number of aromatic nitrogens is 5. The van der Waals surface area contributed by atoms with Crippen LogP contribution in [0.3, 0.4) is 0 Å². The van der Waals surface area contributed by atoms with Gasteiger partial charge >= 0.3 is 6.61 Å². The lowest BCUT2D eigenvalue weighted by Gasteiger charge is -2.22. The zero-order chi connectivity index (χ0) is 26.5. The van der Waals surface area contributed by atoms with Crippen LogP contribution in [0.1, 0.15) is 30.5 Å². The number of halogens is 3. The minimum Gasteiger partial charge on any atom is -0.494 e. The number of ether oxygens (including phenoxy) is 4. The first-order chi connectivity index (χ1) is 17.1. The fraction of sp³-hybridized carbons (Fsp3) is 0.429. The van der Waals surface area contributed by atoms with E-state index in [1.54, 1.807) is 18.2 Å². The van der Waals surface area contributed by atoms with Crippen molar-refractivity contribution in [3.63, 3.8) is 0 Å². The highest BCUT2D eigenvalue weighted by atomic mass is 35.5. The third-order valence-corrected chi connectivity index (χ3v) is 7.47. The first-order valence-electron chi connectivity index (χ1n) is 10.4. The average Bonchev–Trinajstić information content (AvgIpc) is 3.24. The number of rotatable bonds is 12. The second-order valence-corrected chi connectivity index (χ2v) is 10.2. The van der Waals surface area contributed by atoms with Gasteiger partial charge in [-0.05, 0) is 19.1 Å². The summed E-state index contributed by atoms with van der Waals surface area (Å²) in [7, 11) is 0.117. The number of hydrogen-bond donors (Lipinski definition) is 0. The molecule has 0 aliphatic heterocycles. The van der Waals surface area contributed by atoms with E-state index in [-0.39, 0.29) is 39.7 Å². The maximum absolute atomic E-state index is 13.5. The molecule has 0 fully saturated rings. The van der Waals surface area contributed by atoms with Crippen molar-refractivity contribution < 1.29 is 36.1 Å². The van der Waals surface area contributed by atoms with Gasteiger partial charge in [-0.1, -0.05) is 17.7 Å². The van der Waals surface area contributed by atoms with Crippen LogP contribution in [-0.4, -0.2) is 66.3 Å². The molecule has 0 saturated heterocycles. The van der Waals surface area contributed by atoms with Gasteiger partial charge < -0.3 is 18.9 Å². The monoisotopic (exact) mass is 547 g/mol. The first kappa shape index (κ1) is 27.6. The van der Waals surface area contributed by atoms with E-state index >= 15 is 0 Å². The van der Waals surface area contributed by atoms with Crippen molar-refractivity contribution in [2.75, 3.05) is 21.3 Å². The molecule has 0 saturated carbocycles. The molecular formula is C21H24ClF2N5O6S. The molecule has 1 aromatic carbocycles. The molecule has 15 heteroatoms. The van der Waals surface area contributed by atoms with Crippen LogP contribution >= 0.6 is 11.6 Å². The van der Waals surface area contributed by atoms with E-state index in [0.29, 0.717) is 0 Å². The van der Waals surface area contributed by atoms with Gasteiger partial charge in [0.05, 0.1) is 24.5 Å². The molecule has 2 heterocycles. The topological polar surface area (TPSA) is 128 Å². The third kappa shape index (κ3) is 6.06. The minimum atomic E-state index is -4.00. The number of methoxy groups -OCH3 is 3. The Morgan fingerprint density at radius 3 is 2.14 bits per heavy atom. The predicted octanol–water partition coefficient (Wildman–Crippen LogP) is 3.16. The summed E-state index contributed by atoms with van der Waals surface area (Å²) in [6.07, 6.45) is 1.63. The Morgan fingerprint density at radius 2 is 1.61 bits per heavy atom. The molecule has 0 N–H and O–H groups in total. The van der Waals surface area contributed by atoms with Crippen LogP contribution in [0.25, 0.3) is 5.69 Å². The summed E-state index contributed by atoms with van der Waals surface area (Å²) in [6.45, 7) is -2.29. The molecule has 0 unspecified atom stereocenters. The molecule has 2 atom stereocenters. The van der Waals surface area contributed by atoms with Crippen LogP contribution in [-0.2, 0) is 31.7 Å². The van der Waals surface area contributed by atoms with Gasteiger partial charge in [0.1, 0.15) is 35.7 Å². The molecule has 3 aromatic rings. The van der Waals surface area contributed by atoms with Crippen molar-refractivity contribution in [2.24, 2.45) is 0 Å². The maximum atomic E-state index is 13.5. The smallest absolute Gasteiger partial charge is 0.345 e. The van der Waals surface area contributed by atoms with E-state index in [4.69, 9.17) is 25.8 Å². The highest BCUT2D eigenvalue weighted by Crippen LogP contribution is 2.35. The van der Waals surface area contributed by atoms with Crippen LogP contribution in [0.2, 0.25) is 5.02 Å². The predicted molar refractivity (Wildman–Crippen MR) is 124 cm³/mol. The Labute approximate surface area is 211 Å². The zero-order valence-electron chi connectivity index (χ0n) is 19.8. The lowest BCUT2D eigenvalue weighted by molar-refractivity contribution is -0.139. The van der Waals surface area contributed by atoms with E-state index in [2.05, 4.69) is 24.9 Å². The van der Waals surface area contributed by atoms with Crippen LogP contribution in [0.5, 0.6) is 11.5 Å². The van der Waals surface area contributed by atoms with Crippen LogP contribution in [0.4, 0.5) is 8.78 Å². The maximum Gasteiger partial charge on any atom is 0.345 e. The van der Waals surface area contributed by atoms with Crippen LogP contribution < -0.4 is 9.47 Å². The second kappa shape index (κ2) is 11.9. The molecule has 0 radical (unpaired) electrons. The van der Waals surface area contributed by atoms with Gasteiger partial charge in [-0.25, -0.2) is 18.4 Å². The Kier molecular flexibility index (Phi) is 9.11. The first-order valence-corrected chi connectivity index (χ1v) is 12.5. The number of sulfone groups is 1. The van der Waals surface area contributed by atoms with Crippen LogP contribution in [0.15, 0.2) is 30.6 Å². The lowest BCUT2D eigenvalue weighted by atomic mass is 10.2. The molecule has 2 aromatic heterocycles. The van der Waals surface area contributed by atoms with Gasteiger partial charge in [-0.3, -0.25) is 4.57 Å². The van der Waals surface area contributed by atoms with Crippen LogP contribution in [0, 0.1) is 0 Å². The Morgan fingerprint density at radius 1 is 1.03 bits per heavy atom. The molecule has 0 amide bonds. The van der Waals surface area contributed by atoms with E-state index in [1.165, 1.54) is 45.2 Å². The number of hydrogen-bond acceptors (Lipinski definition) is 10. The summed E-state index contributed by atoms with van der Waals surface area (Å²) >= 11 is 5.83. The number of benzene rings is 1. The van der Waals surface area contributed by atoms with Crippen molar-refractivity contribution >= 4 is 21.4 Å². The average molecular weight is 548 g/mol.